The van der Waals surface area contributed by atoms with Gasteiger partial charge in [-0.3, -0.25) is 0 Å². The molecule has 1 aliphatic heterocycles. The highest BCUT2D eigenvalue weighted by atomic mass is 15.3. The van der Waals surface area contributed by atoms with Crippen LogP contribution in [0.3, 0.4) is 0 Å². The third kappa shape index (κ3) is 4.09. The molecule has 0 amide bonds. The van der Waals surface area contributed by atoms with Gasteiger partial charge in [0.2, 0.25) is 5.95 Å². The lowest BCUT2D eigenvalue weighted by atomic mass is 10.2. The number of rotatable bonds is 4. The smallest absolute Gasteiger partial charge is 0.247 e. The first-order valence-electron chi connectivity index (χ1n) is 8.21. The van der Waals surface area contributed by atoms with Gasteiger partial charge in [-0.1, -0.05) is 12.8 Å². The molecule has 3 rings (SSSR count). The Labute approximate surface area is 137 Å². The van der Waals surface area contributed by atoms with E-state index in [2.05, 4.69) is 42.4 Å². The quantitative estimate of drug-likeness (QED) is 0.936. The predicted molar refractivity (Wildman–Crippen MR) is 94.6 cm³/mol. The van der Waals surface area contributed by atoms with Crippen molar-refractivity contribution in [2.45, 2.75) is 25.7 Å². The molecular formula is C17H24N6. The Morgan fingerprint density at radius 2 is 1.70 bits per heavy atom. The fourth-order valence-electron chi connectivity index (χ4n) is 2.75. The van der Waals surface area contributed by atoms with Crippen LogP contribution in [0, 0.1) is 0 Å². The third-order valence-electron chi connectivity index (χ3n) is 4.09. The van der Waals surface area contributed by atoms with Crippen LogP contribution in [-0.4, -0.2) is 42.4 Å². The molecule has 0 unspecified atom stereocenters. The summed E-state index contributed by atoms with van der Waals surface area (Å²) in [6.07, 6.45) is 6.65. The Bertz CT molecular complexity index is 617. The van der Waals surface area contributed by atoms with E-state index in [4.69, 9.17) is 0 Å². The van der Waals surface area contributed by atoms with Gasteiger partial charge in [0.25, 0.3) is 0 Å². The van der Waals surface area contributed by atoms with Gasteiger partial charge >= 0.3 is 0 Å². The number of anilines is 4. The molecule has 2 aromatic rings. The fraction of sp³-hybridized carbons (Fsp3) is 0.471. The number of nitrogens with one attached hydrogen (secondary N) is 1. The zero-order chi connectivity index (χ0) is 16.1. The van der Waals surface area contributed by atoms with E-state index in [1.807, 2.05) is 26.2 Å². The molecule has 1 aromatic carbocycles. The van der Waals surface area contributed by atoms with Gasteiger partial charge in [0, 0.05) is 38.6 Å². The zero-order valence-electron chi connectivity index (χ0n) is 13.9. The molecule has 0 aliphatic carbocycles. The van der Waals surface area contributed by atoms with E-state index < -0.39 is 0 Å². The highest BCUT2D eigenvalue weighted by Crippen LogP contribution is 2.20. The monoisotopic (exact) mass is 312 g/mol. The van der Waals surface area contributed by atoms with Crippen molar-refractivity contribution < 1.29 is 0 Å². The largest absolute Gasteiger partial charge is 0.378 e. The molecule has 122 valence electrons. The maximum Gasteiger partial charge on any atom is 0.247 e. The lowest BCUT2D eigenvalue weighted by molar-refractivity contribution is 0.726. The van der Waals surface area contributed by atoms with Crippen molar-refractivity contribution in [3.05, 3.63) is 30.5 Å². The van der Waals surface area contributed by atoms with Gasteiger partial charge in [0.1, 0.15) is 0 Å². The summed E-state index contributed by atoms with van der Waals surface area (Å²) in [5, 5.41) is 11.6. The molecule has 1 aliphatic rings. The summed E-state index contributed by atoms with van der Waals surface area (Å²) in [6.45, 7) is 2.03. The molecule has 0 radical (unpaired) electrons. The molecule has 1 N–H and O–H groups in total. The summed E-state index contributed by atoms with van der Waals surface area (Å²) < 4.78 is 0. The summed E-state index contributed by atoms with van der Waals surface area (Å²) >= 11 is 0. The minimum absolute atomic E-state index is 0.724. The average molecular weight is 312 g/mol. The SMILES string of the molecule is CN(C)c1ccc(Nc2cnnc(N3CCCCCC3)n2)cc1. The molecule has 1 aromatic heterocycles. The molecule has 0 atom stereocenters. The summed E-state index contributed by atoms with van der Waals surface area (Å²) in [5.74, 6) is 1.46. The zero-order valence-corrected chi connectivity index (χ0v) is 13.9. The van der Waals surface area contributed by atoms with Crippen LogP contribution in [0.2, 0.25) is 0 Å². The van der Waals surface area contributed by atoms with Crippen molar-refractivity contribution >= 4 is 23.1 Å². The summed E-state index contributed by atoms with van der Waals surface area (Å²) in [4.78, 5) is 8.93. The van der Waals surface area contributed by atoms with Crippen LogP contribution >= 0.6 is 0 Å². The number of benzene rings is 1. The van der Waals surface area contributed by atoms with Gasteiger partial charge in [-0.15, -0.1) is 5.10 Å². The Morgan fingerprint density at radius 3 is 2.35 bits per heavy atom. The second kappa shape index (κ2) is 7.26. The van der Waals surface area contributed by atoms with E-state index in [1.165, 1.54) is 31.4 Å². The second-order valence-electron chi connectivity index (χ2n) is 6.11. The van der Waals surface area contributed by atoms with Crippen LogP contribution < -0.4 is 15.1 Å². The van der Waals surface area contributed by atoms with Crippen molar-refractivity contribution in [1.82, 2.24) is 15.2 Å². The molecule has 2 heterocycles. The van der Waals surface area contributed by atoms with E-state index in [-0.39, 0.29) is 0 Å². The highest BCUT2D eigenvalue weighted by molar-refractivity contribution is 5.60. The molecule has 1 saturated heterocycles. The number of nitrogens with zero attached hydrogens (tertiary/aromatic N) is 5. The van der Waals surface area contributed by atoms with E-state index in [0.717, 1.165) is 30.5 Å². The van der Waals surface area contributed by atoms with Crippen molar-refractivity contribution in [3.8, 4) is 0 Å². The number of hydrogen-bond donors (Lipinski definition) is 1. The Hall–Kier alpha value is -2.37. The van der Waals surface area contributed by atoms with Gasteiger partial charge in [0.15, 0.2) is 5.82 Å². The van der Waals surface area contributed by atoms with Gasteiger partial charge in [-0.2, -0.15) is 10.1 Å². The van der Waals surface area contributed by atoms with E-state index in [9.17, 15) is 0 Å². The van der Waals surface area contributed by atoms with Crippen LogP contribution in [0.4, 0.5) is 23.1 Å². The minimum Gasteiger partial charge on any atom is -0.378 e. The lowest BCUT2D eigenvalue weighted by Gasteiger charge is -2.19. The van der Waals surface area contributed by atoms with Crippen LogP contribution in [0.25, 0.3) is 0 Å². The maximum atomic E-state index is 4.62. The van der Waals surface area contributed by atoms with Crippen LogP contribution in [0.5, 0.6) is 0 Å². The summed E-state index contributed by atoms with van der Waals surface area (Å²) in [7, 11) is 4.06. The number of aromatic nitrogens is 3. The number of hydrogen-bond acceptors (Lipinski definition) is 6. The van der Waals surface area contributed by atoms with Gasteiger partial charge < -0.3 is 15.1 Å². The standard InChI is InChI=1S/C17H24N6/c1-22(2)15-9-7-14(8-10-15)19-16-13-18-21-17(20-16)23-11-5-3-4-6-12-23/h7-10,13H,3-6,11-12H2,1-2H3,(H,19,20,21). The van der Waals surface area contributed by atoms with Gasteiger partial charge in [-0.05, 0) is 37.1 Å². The van der Waals surface area contributed by atoms with E-state index in [0.29, 0.717) is 0 Å². The lowest BCUT2D eigenvalue weighted by Crippen LogP contribution is -2.26. The molecular weight excluding hydrogens is 288 g/mol. The van der Waals surface area contributed by atoms with Crippen molar-refractivity contribution in [2.75, 3.05) is 42.3 Å². The fourth-order valence-corrected chi connectivity index (χ4v) is 2.75. The molecule has 0 spiro atoms. The van der Waals surface area contributed by atoms with Crippen molar-refractivity contribution in [3.63, 3.8) is 0 Å². The Kier molecular flexibility index (Phi) is 4.90. The first-order valence-corrected chi connectivity index (χ1v) is 8.21. The van der Waals surface area contributed by atoms with Crippen LogP contribution in [-0.2, 0) is 0 Å². The second-order valence-corrected chi connectivity index (χ2v) is 6.11. The van der Waals surface area contributed by atoms with Gasteiger partial charge in [0.05, 0.1) is 6.20 Å². The molecule has 1 fully saturated rings. The minimum atomic E-state index is 0.724. The van der Waals surface area contributed by atoms with Gasteiger partial charge in [-0.25, -0.2) is 0 Å². The molecule has 0 saturated carbocycles. The predicted octanol–water partition coefficient (Wildman–Crippen LogP) is 3.06. The Morgan fingerprint density at radius 1 is 1.00 bits per heavy atom. The molecule has 23 heavy (non-hydrogen) atoms. The maximum absolute atomic E-state index is 4.62. The van der Waals surface area contributed by atoms with Crippen molar-refractivity contribution in [2.24, 2.45) is 0 Å². The summed E-state index contributed by atoms with van der Waals surface area (Å²) in [5.41, 5.74) is 2.17. The first-order chi connectivity index (χ1) is 11.2. The Balaban J connectivity index is 1.71. The average Bonchev–Trinajstić information content (AvgIpc) is 2.85. The highest BCUT2D eigenvalue weighted by Gasteiger charge is 2.13. The van der Waals surface area contributed by atoms with Crippen molar-refractivity contribution in [1.29, 1.82) is 0 Å². The summed E-state index contributed by atoms with van der Waals surface area (Å²) in [6, 6.07) is 8.24. The molecule has 6 nitrogen and oxygen atoms in total. The van der Waals surface area contributed by atoms with Crippen LogP contribution in [0.15, 0.2) is 30.5 Å². The first kappa shape index (κ1) is 15.5. The van der Waals surface area contributed by atoms with E-state index in [1.54, 1.807) is 6.20 Å². The van der Waals surface area contributed by atoms with E-state index >= 15 is 0 Å². The topological polar surface area (TPSA) is 57.2 Å². The molecule has 0 bridgehead atoms. The normalized spacial score (nSPS) is 15.1. The van der Waals surface area contributed by atoms with Crippen LogP contribution in [0.1, 0.15) is 25.7 Å². The molecule has 6 heteroatoms. The third-order valence-corrected chi connectivity index (χ3v) is 4.09.